The summed E-state index contributed by atoms with van der Waals surface area (Å²) in [5.74, 6) is 0.966. The van der Waals surface area contributed by atoms with E-state index in [-0.39, 0.29) is 11.6 Å². The molecule has 1 saturated carbocycles. The highest BCUT2D eigenvalue weighted by Crippen LogP contribution is 2.38. The SMILES string of the molecule is O=C(N1CCOCC1)N1CCC(Cn2nc(C3CC3)ccc2=O)CC1. The Morgan fingerprint density at radius 3 is 2.40 bits per heavy atom. The second kappa shape index (κ2) is 7.15. The maximum atomic E-state index is 12.5. The standard InChI is InChI=1S/C18H26N4O3/c23-17-4-3-16(15-1-2-15)19-22(17)13-14-5-7-20(8-6-14)18(24)21-9-11-25-12-10-21/h3-4,14-15H,1-2,5-13H2. The molecular formula is C18H26N4O3. The topological polar surface area (TPSA) is 67.7 Å². The minimum atomic E-state index is -0.0174. The van der Waals surface area contributed by atoms with Gasteiger partial charge in [0.15, 0.2) is 0 Å². The number of urea groups is 1. The molecule has 2 aliphatic heterocycles. The van der Waals surface area contributed by atoms with Gasteiger partial charge in [0.1, 0.15) is 0 Å². The third-order valence-electron chi connectivity index (χ3n) is 5.48. The molecule has 2 amide bonds. The Morgan fingerprint density at radius 1 is 1.04 bits per heavy atom. The van der Waals surface area contributed by atoms with Crippen molar-refractivity contribution in [1.29, 1.82) is 0 Å². The van der Waals surface area contributed by atoms with Gasteiger partial charge >= 0.3 is 6.03 Å². The number of nitrogens with zero attached hydrogens (tertiary/aromatic N) is 4. The van der Waals surface area contributed by atoms with Gasteiger partial charge in [0, 0.05) is 44.7 Å². The molecule has 25 heavy (non-hydrogen) atoms. The molecule has 2 saturated heterocycles. The Balaban J connectivity index is 1.32. The average molecular weight is 346 g/mol. The number of piperidine rings is 1. The van der Waals surface area contributed by atoms with Crippen molar-refractivity contribution < 1.29 is 9.53 Å². The fourth-order valence-electron chi connectivity index (χ4n) is 3.70. The lowest BCUT2D eigenvalue weighted by atomic mass is 9.97. The predicted molar refractivity (Wildman–Crippen MR) is 92.6 cm³/mol. The van der Waals surface area contributed by atoms with Crippen molar-refractivity contribution in [3.8, 4) is 0 Å². The van der Waals surface area contributed by atoms with E-state index in [2.05, 4.69) is 5.10 Å². The van der Waals surface area contributed by atoms with Crippen LogP contribution in [0.5, 0.6) is 0 Å². The summed E-state index contributed by atoms with van der Waals surface area (Å²) in [6, 6.07) is 3.66. The zero-order chi connectivity index (χ0) is 17.2. The number of hydrogen-bond donors (Lipinski definition) is 0. The zero-order valence-electron chi connectivity index (χ0n) is 14.6. The summed E-state index contributed by atoms with van der Waals surface area (Å²) < 4.78 is 6.95. The van der Waals surface area contributed by atoms with Gasteiger partial charge in [0.25, 0.3) is 5.56 Å². The van der Waals surface area contributed by atoms with Crippen molar-refractivity contribution in [3.63, 3.8) is 0 Å². The van der Waals surface area contributed by atoms with E-state index >= 15 is 0 Å². The Labute approximate surface area is 147 Å². The van der Waals surface area contributed by atoms with Gasteiger partial charge < -0.3 is 14.5 Å². The van der Waals surface area contributed by atoms with Gasteiger partial charge in [-0.1, -0.05) is 0 Å². The van der Waals surface area contributed by atoms with Crippen LogP contribution in [0.1, 0.15) is 37.3 Å². The lowest BCUT2D eigenvalue weighted by Gasteiger charge is -2.37. The first kappa shape index (κ1) is 16.6. The molecule has 4 rings (SSSR count). The smallest absolute Gasteiger partial charge is 0.320 e. The van der Waals surface area contributed by atoms with Crippen LogP contribution in [0.3, 0.4) is 0 Å². The molecule has 0 unspecified atom stereocenters. The monoisotopic (exact) mass is 346 g/mol. The summed E-state index contributed by atoms with van der Waals surface area (Å²) >= 11 is 0. The molecule has 0 radical (unpaired) electrons. The molecule has 0 spiro atoms. The average Bonchev–Trinajstić information content (AvgIpc) is 3.49. The van der Waals surface area contributed by atoms with Crippen molar-refractivity contribution in [1.82, 2.24) is 19.6 Å². The normalized spacial score (nSPS) is 22.2. The molecule has 3 fully saturated rings. The van der Waals surface area contributed by atoms with Crippen LogP contribution < -0.4 is 5.56 Å². The molecule has 0 N–H and O–H groups in total. The third kappa shape index (κ3) is 3.86. The Kier molecular flexibility index (Phi) is 4.74. The number of carbonyl (C=O) groups is 1. The summed E-state index contributed by atoms with van der Waals surface area (Å²) in [6.45, 7) is 4.83. The van der Waals surface area contributed by atoms with E-state index in [0.29, 0.717) is 44.7 Å². The first-order chi connectivity index (χ1) is 12.2. The first-order valence-corrected chi connectivity index (χ1v) is 9.40. The zero-order valence-corrected chi connectivity index (χ0v) is 14.6. The quantitative estimate of drug-likeness (QED) is 0.827. The molecule has 7 nitrogen and oxygen atoms in total. The van der Waals surface area contributed by atoms with E-state index < -0.39 is 0 Å². The van der Waals surface area contributed by atoms with E-state index in [1.165, 1.54) is 12.8 Å². The van der Waals surface area contributed by atoms with Crippen molar-refractivity contribution in [2.75, 3.05) is 39.4 Å². The molecule has 3 aliphatic rings. The second-order valence-electron chi connectivity index (χ2n) is 7.37. The Hall–Kier alpha value is -1.89. The molecular weight excluding hydrogens is 320 g/mol. The highest BCUT2D eigenvalue weighted by atomic mass is 16.5. The van der Waals surface area contributed by atoms with E-state index in [0.717, 1.165) is 31.6 Å². The van der Waals surface area contributed by atoms with E-state index in [4.69, 9.17) is 4.74 Å². The molecule has 0 atom stereocenters. The molecule has 7 heteroatoms. The predicted octanol–water partition coefficient (Wildman–Crippen LogP) is 1.28. The van der Waals surface area contributed by atoms with Gasteiger partial charge in [0.2, 0.25) is 0 Å². The number of hydrogen-bond acceptors (Lipinski definition) is 4. The van der Waals surface area contributed by atoms with Gasteiger partial charge in [-0.2, -0.15) is 5.10 Å². The minimum absolute atomic E-state index is 0.0174. The van der Waals surface area contributed by atoms with Crippen LogP contribution in [-0.2, 0) is 11.3 Å². The molecule has 1 aromatic heterocycles. The second-order valence-corrected chi connectivity index (χ2v) is 7.37. The van der Waals surface area contributed by atoms with Gasteiger partial charge in [-0.15, -0.1) is 0 Å². The fraction of sp³-hybridized carbons (Fsp3) is 0.722. The molecule has 0 aromatic carbocycles. The largest absolute Gasteiger partial charge is 0.378 e. The summed E-state index contributed by atoms with van der Waals surface area (Å²) in [5, 5.41) is 4.56. The number of aromatic nitrogens is 2. The number of likely N-dealkylation sites (tertiary alicyclic amines) is 1. The van der Waals surface area contributed by atoms with E-state index in [9.17, 15) is 9.59 Å². The highest BCUT2D eigenvalue weighted by Gasteiger charge is 2.29. The molecule has 0 bridgehead atoms. The molecule has 1 aromatic rings. The van der Waals surface area contributed by atoms with Gasteiger partial charge in [-0.05, 0) is 37.7 Å². The van der Waals surface area contributed by atoms with Crippen molar-refractivity contribution in [2.24, 2.45) is 5.92 Å². The van der Waals surface area contributed by atoms with Gasteiger partial charge in [-0.3, -0.25) is 4.79 Å². The lowest BCUT2D eigenvalue weighted by Crippen LogP contribution is -2.50. The number of rotatable bonds is 3. The maximum Gasteiger partial charge on any atom is 0.320 e. The summed E-state index contributed by atoms with van der Waals surface area (Å²) in [6.07, 6.45) is 4.23. The van der Waals surface area contributed by atoms with Crippen molar-refractivity contribution >= 4 is 6.03 Å². The number of morpholine rings is 1. The van der Waals surface area contributed by atoms with Crippen molar-refractivity contribution in [3.05, 3.63) is 28.2 Å². The highest BCUT2D eigenvalue weighted by molar-refractivity contribution is 5.74. The molecule has 1 aliphatic carbocycles. The van der Waals surface area contributed by atoms with Crippen LogP contribution in [0, 0.1) is 5.92 Å². The minimum Gasteiger partial charge on any atom is -0.378 e. The Morgan fingerprint density at radius 2 is 1.72 bits per heavy atom. The van der Waals surface area contributed by atoms with Crippen molar-refractivity contribution in [2.45, 2.75) is 38.1 Å². The van der Waals surface area contributed by atoms with Crippen LogP contribution in [0.15, 0.2) is 16.9 Å². The fourth-order valence-corrected chi connectivity index (χ4v) is 3.70. The van der Waals surface area contributed by atoms with E-state index in [1.54, 1.807) is 10.7 Å². The van der Waals surface area contributed by atoms with Gasteiger partial charge in [0.05, 0.1) is 18.9 Å². The number of carbonyl (C=O) groups excluding carboxylic acids is 1. The van der Waals surface area contributed by atoms with Crippen LogP contribution in [-0.4, -0.2) is 65.0 Å². The van der Waals surface area contributed by atoms with Crippen LogP contribution in [0.25, 0.3) is 0 Å². The summed E-state index contributed by atoms with van der Waals surface area (Å²) in [5.41, 5.74) is 1.04. The first-order valence-electron chi connectivity index (χ1n) is 9.40. The third-order valence-corrected chi connectivity index (χ3v) is 5.48. The van der Waals surface area contributed by atoms with Crippen LogP contribution in [0.4, 0.5) is 4.79 Å². The van der Waals surface area contributed by atoms with Gasteiger partial charge in [-0.25, -0.2) is 9.48 Å². The number of amides is 2. The number of ether oxygens (including phenoxy) is 1. The van der Waals surface area contributed by atoms with E-state index in [1.807, 2.05) is 15.9 Å². The Bertz CT molecular complexity index is 671. The summed E-state index contributed by atoms with van der Waals surface area (Å²) in [7, 11) is 0. The summed E-state index contributed by atoms with van der Waals surface area (Å²) in [4.78, 5) is 28.4. The lowest BCUT2D eigenvalue weighted by molar-refractivity contribution is 0.0396. The molecule has 3 heterocycles. The molecule has 136 valence electrons. The maximum absolute atomic E-state index is 12.5. The van der Waals surface area contributed by atoms with Crippen LogP contribution >= 0.6 is 0 Å². The van der Waals surface area contributed by atoms with Crippen LogP contribution in [0.2, 0.25) is 0 Å².